The van der Waals surface area contributed by atoms with Gasteiger partial charge < -0.3 is 9.64 Å². The van der Waals surface area contributed by atoms with E-state index in [2.05, 4.69) is 31.8 Å². The summed E-state index contributed by atoms with van der Waals surface area (Å²) in [5.74, 6) is 1.03. The number of anilines is 1. The molecule has 0 amide bonds. The van der Waals surface area contributed by atoms with Crippen LogP contribution in [-0.2, 0) is 4.74 Å². The maximum atomic E-state index is 6.03. The molecule has 21 heavy (non-hydrogen) atoms. The Hall–Kier alpha value is -1.50. The molecule has 3 rings (SSSR count). The van der Waals surface area contributed by atoms with Crippen molar-refractivity contribution in [3.05, 3.63) is 28.8 Å². The lowest BCUT2D eigenvalue weighted by Crippen LogP contribution is -2.44. The molecule has 0 radical (unpaired) electrons. The molecule has 2 aromatic heterocycles. The maximum absolute atomic E-state index is 6.03. The smallest absolute Gasteiger partial charge is 0.230 e. The molecule has 0 spiro atoms. The second-order valence-corrected chi connectivity index (χ2v) is 5.44. The van der Waals surface area contributed by atoms with Crippen LogP contribution in [-0.4, -0.2) is 45.7 Å². The van der Waals surface area contributed by atoms with Crippen LogP contribution in [0, 0.1) is 0 Å². The first kappa shape index (κ1) is 14.4. The summed E-state index contributed by atoms with van der Waals surface area (Å²) >= 11 is 11.8. The summed E-state index contributed by atoms with van der Waals surface area (Å²) in [6, 6.07) is 3.67. The number of rotatable bonds is 2. The molecule has 1 aliphatic rings. The van der Waals surface area contributed by atoms with Gasteiger partial charge in [0.05, 0.1) is 19.3 Å². The third-order valence-electron chi connectivity index (χ3n) is 3.21. The lowest BCUT2D eigenvalue weighted by Gasteiger charge is -2.33. The molecule has 1 fully saturated rings. The molecule has 110 valence electrons. The first-order chi connectivity index (χ1) is 10.1. The van der Waals surface area contributed by atoms with E-state index >= 15 is 0 Å². The van der Waals surface area contributed by atoms with Crippen molar-refractivity contribution in [1.82, 2.24) is 19.9 Å². The first-order valence-electron chi connectivity index (χ1n) is 6.51. The fourth-order valence-electron chi connectivity index (χ4n) is 2.13. The highest BCUT2D eigenvalue weighted by atomic mass is 35.5. The summed E-state index contributed by atoms with van der Waals surface area (Å²) < 4.78 is 5.42. The Bertz CT molecular complexity index is 637. The third kappa shape index (κ3) is 3.23. The third-order valence-corrected chi connectivity index (χ3v) is 3.60. The molecule has 8 heteroatoms. The zero-order chi connectivity index (χ0) is 14.8. The summed E-state index contributed by atoms with van der Waals surface area (Å²) in [5, 5.41) is 0.574. The minimum atomic E-state index is 0.156. The maximum Gasteiger partial charge on any atom is 0.230 e. The van der Waals surface area contributed by atoms with Crippen molar-refractivity contribution >= 4 is 29.2 Å². The molecule has 3 heterocycles. The van der Waals surface area contributed by atoms with E-state index in [0.29, 0.717) is 30.1 Å². The number of nitrogens with zero attached hydrogens (tertiary/aromatic N) is 5. The Morgan fingerprint density at radius 3 is 2.81 bits per heavy atom. The molecular weight excluding hydrogens is 313 g/mol. The standard InChI is InChI=1S/C13H13Cl2N5O/c1-8-7-21-5-4-20(8)13-18-11(17-12(15)19-13)9-2-3-10(14)16-6-9/h2-3,6,8H,4-5,7H2,1H3/t8-/m0/s1. The van der Waals surface area contributed by atoms with E-state index < -0.39 is 0 Å². The van der Waals surface area contributed by atoms with Crippen molar-refractivity contribution in [3.8, 4) is 11.4 Å². The summed E-state index contributed by atoms with van der Waals surface area (Å²) in [6.07, 6.45) is 1.61. The molecule has 0 N–H and O–H groups in total. The van der Waals surface area contributed by atoms with Crippen molar-refractivity contribution in [2.45, 2.75) is 13.0 Å². The van der Waals surface area contributed by atoms with Crippen molar-refractivity contribution in [2.24, 2.45) is 0 Å². The molecular formula is C13H13Cl2N5O. The molecule has 6 nitrogen and oxygen atoms in total. The van der Waals surface area contributed by atoms with Gasteiger partial charge in [-0.1, -0.05) is 11.6 Å². The van der Waals surface area contributed by atoms with Gasteiger partial charge >= 0.3 is 0 Å². The average molecular weight is 326 g/mol. The Morgan fingerprint density at radius 1 is 1.24 bits per heavy atom. The number of hydrogen-bond acceptors (Lipinski definition) is 6. The van der Waals surface area contributed by atoms with Crippen molar-refractivity contribution in [1.29, 1.82) is 0 Å². The highest BCUT2D eigenvalue weighted by molar-refractivity contribution is 6.29. The number of hydrogen-bond donors (Lipinski definition) is 0. The van der Waals surface area contributed by atoms with Crippen molar-refractivity contribution in [3.63, 3.8) is 0 Å². The van der Waals surface area contributed by atoms with Gasteiger partial charge in [0, 0.05) is 18.3 Å². The Labute approximate surface area is 132 Å². The topological polar surface area (TPSA) is 64.0 Å². The van der Waals surface area contributed by atoms with Crippen LogP contribution in [0.2, 0.25) is 10.4 Å². The van der Waals surface area contributed by atoms with Crippen LogP contribution in [0.5, 0.6) is 0 Å². The van der Waals surface area contributed by atoms with E-state index in [1.807, 2.05) is 0 Å². The van der Waals surface area contributed by atoms with Crippen LogP contribution in [0.3, 0.4) is 0 Å². The van der Waals surface area contributed by atoms with Crippen LogP contribution < -0.4 is 4.90 Å². The Morgan fingerprint density at radius 2 is 2.10 bits per heavy atom. The summed E-state index contributed by atoms with van der Waals surface area (Å²) in [7, 11) is 0. The molecule has 1 aliphatic heterocycles. The monoisotopic (exact) mass is 325 g/mol. The number of ether oxygens (including phenoxy) is 1. The molecule has 1 atom stereocenters. The van der Waals surface area contributed by atoms with Gasteiger partial charge in [0.15, 0.2) is 5.82 Å². The van der Waals surface area contributed by atoms with Crippen LogP contribution >= 0.6 is 23.2 Å². The second kappa shape index (κ2) is 6.09. The minimum Gasteiger partial charge on any atom is -0.377 e. The lowest BCUT2D eigenvalue weighted by molar-refractivity contribution is 0.0981. The van der Waals surface area contributed by atoms with Gasteiger partial charge in [-0.15, -0.1) is 0 Å². The van der Waals surface area contributed by atoms with E-state index in [4.69, 9.17) is 27.9 Å². The van der Waals surface area contributed by atoms with Crippen LogP contribution in [0.1, 0.15) is 6.92 Å². The van der Waals surface area contributed by atoms with E-state index in [9.17, 15) is 0 Å². The number of halogens is 2. The molecule has 0 bridgehead atoms. The number of morpholine rings is 1. The second-order valence-electron chi connectivity index (χ2n) is 4.71. The fraction of sp³-hybridized carbons (Fsp3) is 0.385. The van der Waals surface area contributed by atoms with Gasteiger partial charge in [-0.2, -0.15) is 15.0 Å². The van der Waals surface area contributed by atoms with E-state index in [0.717, 1.165) is 12.1 Å². The highest BCUT2D eigenvalue weighted by Gasteiger charge is 2.22. The predicted octanol–water partition coefficient (Wildman–Crippen LogP) is 2.47. The number of aromatic nitrogens is 4. The Balaban J connectivity index is 1.97. The SMILES string of the molecule is C[C@H]1COCCN1c1nc(Cl)nc(-c2ccc(Cl)nc2)n1. The summed E-state index contributed by atoms with van der Waals surface area (Å²) in [4.78, 5) is 19.0. The zero-order valence-electron chi connectivity index (χ0n) is 11.3. The van der Waals surface area contributed by atoms with Crippen LogP contribution in [0.15, 0.2) is 18.3 Å². The largest absolute Gasteiger partial charge is 0.377 e. The van der Waals surface area contributed by atoms with Gasteiger partial charge in [0.25, 0.3) is 0 Å². The van der Waals surface area contributed by atoms with Crippen LogP contribution in [0.4, 0.5) is 5.95 Å². The zero-order valence-corrected chi connectivity index (χ0v) is 12.8. The van der Waals surface area contributed by atoms with Crippen molar-refractivity contribution < 1.29 is 4.74 Å². The Kier molecular flexibility index (Phi) is 4.19. The molecule has 0 aromatic carbocycles. The van der Waals surface area contributed by atoms with E-state index in [1.165, 1.54) is 0 Å². The van der Waals surface area contributed by atoms with Gasteiger partial charge in [-0.05, 0) is 30.7 Å². The number of pyridine rings is 1. The van der Waals surface area contributed by atoms with Crippen molar-refractivity contribution in [2.75, 3.05) is 24.7 Å². The summed E-state index contributed by atoms with van der Waals surface area (Å²) in [5.41, 5.74) is 0.742. The van der Waals surface area contributed by atoms with E-state index in [1.54, 1.807) is 18.3 Å². The lowest BCUT2D eigenvalue weighted by atomic mass is 10.2. The van der Waals surface area contributed by atoms with Crippen LogP contribution in [0.25, 0.3) is 11.4 Å². The normalized spacial score (nSPS) is 18.8. The van der Waals surface area contributed by atoms with Gasteiger partial charge in [-0.25, -0.2) is 4.98 Å². The molecule has 0 unspecified atom stereocenters. The minimum absolute atomic E-state index is 0.156. The fourth-order valence-corrected chi connectivity index (χ4v) is 2.40. The quantitative estimate of drug-likeness (QED) is 0.790. The molecule has 2 aromatic rings. The highest BCUT2D eigenvalue weighted by Crippen LogP contribution is 2.22. The summed E-state index contributed by atoms with van der Waals surface area (Å²) in [6.45, 7) is 4.06. The molecule has 1 saturated heterocycles. The predicted molar refractivity (Wildman–Crippen MR) is 80.7 cm³/mol. The van der Waals surface area contributed by atoms with E-state index in [-0.39, 0.29) is 11.3 Å². The average Bonchev–Trinajstić information content (AvgIpc) is 2.48. The molecule has 0 saturated carbocycles. The first-order valence-corrected chi connectivity index (χ1v) is 7.27. The van der Waals surface area contributed by atoms with Gasteiger partial charge in [-0.3, -0.25) is 0 Å². The van der Waals surface area contributed by atoms with Gasteiger partial charge in [0.1, 0.15) is 5.15 Å². The molecule has 0 aliphatic carbocycles. The van der Waals surface area contributed by atoms with Gasteiger partial charge in [0.2, 0.25) is 11.2 Å².